The summed E-state index contributed by atoms with van der Waals surface area (Å²) >= 11 is 1.73. The number of benzene rings is 1. The van der Waals surface area contributed by atoms with Crippen LogP contribution in [0.3, 0.4) is 0 Å². The van der Waals surface area contributed by atoms with Crippen LogP contribution >= 0.6 is 11.8 Å². The summed E-state index contributed by atoms with van der Waals surface area (Å²) in [5, 5.41) is 3.96. The summed E-state index contributed by atoms with van der Waals surface area (Å²) in [5.74, 6) is 0.879. The summed E-state index contributed by atoms with van der Waals surface area (Å²) < 4.78 is 2.12. The van der Waals surface area contributed by atoms with Gasteiger partial charge in [-0.15, -0.1) is 0 Å². The van der Waals surface area contributed by atoms with Gasteiger partial charge in [-0.2, -0.15) is 0 Å². The van der Waals surface area contributed by atoms with Crippen LogP contribution in [-0.4, -0.2) is 38.1 Å². The second-order valence-electron chi connectivity index (χ2n) is 6.29. The molecule has 0 spiro atoms. The van der Waals surface area contributed by atoms with Crippen LogP contribution in [0.15, 0.2) is 35.6 Å². The van der Waals surface area contributed by atoms with Gasteiger partial charge in [-0.3, -0.25) is 9.59 Å². The van der Waals surface area contributed by atoms with Gasteiger partial charge in [-0.1, -0.05) is 36.9 Å². The summed E-state index contributed by atoms with van der Waals surface area (Å²) in [6, 6.07) is 7.10. The zero-order chi connectivity index (χ0) is 17.4. The van der Waals surface area contributed by atoms with Crippen LogP contribution < -0.4 is 5.32 Å². The van der Waals surface area contributed by atoms with E-state index < -0.39 is 6.04 Å². The van der Waals surface area contributed by atoms with Crippen molar-refractivity contribution >= 4 is 23.6 Å². The first-order valence-electron chi connectivity index (χ1n) is 8.53. The summed E-state index contributed by atoms with van der Waals surface area (Å²) in [4.78, 5) is 31.5. The van der Waals surface area contributed by atoms with Crippen LogP contribution in [0.1, 0.15) is 35.0 Å². The van der Waals surface area contributed by atoms with E-state index in [1.165, 1.54) is 0 Å². The molecule has 4 rings (SSSR count). The van der Waals surface area contributed by atoms with Gasteiger partial charge in [-0.05, 0) is 18.1 Å². The highest BCUT2D eigenvalue weighted by Gasteiger charge is 2.35. The number of aryl methyl sites for hydroxylation is 1. The highest BCUT2D eigenvalue weighted by atomic mass is 32.2. The van der Waals surface area contributed by atoms with Crippen molar-refractivity contribution in [3.63, 3.8) is 0 Å². The third-order valence-electron chi connectivity index (χ3n) is 4.71. The van der Waals surface area contributed by atoms with Crippen molar-refractivity contribution in [3.05, 3.63) is 47.3 Å². The minimum absolute atomic E-state index is 0.0602. The predicted octanol–water partition coefficient (Wildman–Crippen LogP) is 2.04. The summed E-state index contributed by atoms with van der Waals surface area (Å²) in [6.07, 6.45) is 2.58. The molecule has 130 valence electrons. The van der Waals surface area contributed by atoms with Crippen LogP contribution in [0.25, 0.3) is 0 Å². The third kappa shape index (κ3) is 2.93. The van der Waals surface area contributed by atoms with E-state index >= 15 is 0 Å². The van der Waals surface area contributed by atoms with Crippen LogP contribution in [0.5, 0.6) is 0 Å². The lowest BCUT2D eigenvalue weighted by Gasteiger charge is -2.25. The fourth-order valence-corrected chi connectivity index (χ4v) is 4.38. The Labute approximate surface area is 150 Å². The molecular weight excluding hydrogens is 336 g/mol. The van der Waals surface area contributed by atoms with Crippen LogP contribution in [0.2, 0.25) is 0 Å². The van der Waals surface area contributed by atoms with Gasteiger partial charge >= 0.3 is 0 Å². The zero-order valence-electron chi connectivity index (χ0n) is 14.1. The van der Waals surface area contributed by atoms with Gasteiger partial charge in [0.05, 0.1) is 12.2 Å². The first-order chi connectivity index (χ1) is 12.2. The topological polar surface area (TPSA) is 67.2 Å². The average molecular weight is 356 g/mol. The normalized spacial score (nSPS) is 16.7. The second-order valence-corrected chi connectivity index (χ2v) is 7.35. The Morgan fingerprint density at radius 1 is 1.40 bits per heavy atom. The van der Waals surface area contributed by atoms with Crippen LogP contribution in [0.4, 0.5) is 0 Å². The van der Waals surface area contributed by atoms with Gasteiger partial charge in [0.15, 0.2) is 5.16 Å². The van der Waals surface area contributed by atoms with Crippen molar-refractivity contribution < 1.29 is 9.59 Å². The van der Waals surface area contributed by atoms with E-state index in [-0.39, 0.29) is 11.8 Å². The largest absolute Gasteiger partial charge is 0.349 e. The van der Waals surface area contributed by atoms with E-state index in [4.69, 9.17) is 0 Å². The van der Waals surface area contributed by atoms with Crippen molar-refractivity contribution in [3.8, 4) is 0 Å². The van der Waals surface area contributed by atoms with Gasteiger partial charge < -0.3 is 14.8 Å². The zero-order valence-corrected chi connectivity index (χ0v) is 14.9. The molecule has 0 bridgehead atoms. The van der Waals surface area contributed by atoms with E-state index in [9.17, 15) is 9.59 Å². The number of hydrogen-bond acceptors (Lipinski definition) is 4. The SMILES string of the molecule is CCC(C(=O)NCc1cn2c(n1)SCC2)N1Cc2ccccc2C1=O. The Morgan fingerprint density at radius 3 is 3.00 bits per heavy atom. The molecule has 3 heterocycles. The molecule has 0 saturated heterocycles. The number of amides is 2. The van der Waals surface area contributed by atoms with Crippen molar-refractivity contribution in [2.45, 2.75) is 44.2 Å². The minimum Gasteiger partial charge on any atom is -0.349 e. The van der Waals surface area contributed by atoms with Gasteiger partial charge in [0.25, 0.3) is 5.91 Å². The monoisotopic (exact) mass is 356 g/mol. The molecule has 7 heteroatoms. The molecule has 1 atom stereocenters. The molecule has 1 unspecified atom stereocenters. The Hall–Kier alpha value is -2.28. The Kier molecular flexibility index (Phi) is 4.25. The minimum atomic E-state index is -0.455. The fourth-order valence-electron chi connectivity index (χ4n) is 3.42. The Bertz CT molecular complexity index is 811. The van der Waals surface area contributed by atoms with Gasteiger partial charge in [-0.25, -0.2) is 4.98 Å². The molecule has 0 radical (unpaired) electrons. The van der Waals surface area contributed by atoms with E-state index in [1.807, 2.05) is 37.4 Å². The molecule has 25 heavy (non-hydrogen) atoms. The molecule has 0 aliphatic carbocycles. The quantitative estimate of drug-likeness (QED) is 0.890. The third-order valence-corrected chi connectivity index (χ3v) is 5.68. The van der Waals surface area contributed by atoms with Gasteiger partial charge in [0, 0.05) is 30.6 Å². The highest BCUT2D eigenvalue weighted by Crippen LogP contribution is 2.26. The average Bonchev–Trinajstić information content (AvgIpc) is 3.28. The van der Waals surface area contributed by atoms with E-state index in [1.54, 1.807) is 16.7 Å². The number of nitrogens with zero attached hydrogens (tertiary/aromatic N) is 3. The second kappa shape index (κ2) is 6.55. The smallest absolute Gasteiger partial charge is 0.255 e. The molecule has 1 aromatic carbocycles. The van der Waals surface area contributed by atoms with E-state index in [2.05, 4.69) is 14.9 Å². The maximum absolute atomic E-state index is 12.7. The summed E-state index contributed by atoms with van der Waals surface area (Å²) in [6.45, 7) is 3.79. The number of nitrogens with one attached hydrogen (secondary N) is 1. The van der Waals surface area contributed by atoms with Crippen molar-refractivity contribution in [2.24, 2.45) is 0 Å². The molecule has 1 aromatic heterocycles. The number of aromatic nitrogens is 2. The maximum Gasteiger partial charge on any atom is 0.255 e. The van der Waals surface area contributed by atoms with Gasteiger partial charge in [0.1, 0.15) is 6.04 Å². The molecule has 2 aliphatic heterocycles. The number of thioether (sulfide) groups is 1. The van der Waals surface area contributed by atoms with Crippen molar-refractivity contribution in [1.29, 1.82) is 0 Å². The maximum atomic E-state index is 12.7. The summed E-state index contributed by atoms with van der Waals surface area (Å²) in [7, 11) is 0. The molecule has 0 saturated carbocycles. The number of carbonyl (C=O) groups is 2. The molecule has 6 nitrogen and oxygen atoms in total. The summed E-state index contributed by atoms with van der Waals surface area (Å²) in [5.41, 5.74) is 2.55. The number of fused-ring (bicyclic) bond motifs is 2. The molecular formula is C18H20N4O2S. The molecule has 2 aromatic rings. The number of rotatable bonds is 5. The van der Waals surface area contributed by atoms with Gasteiger partial charge in [0.2, 0.25) is 5.91 Å². The lowest BCUT2D eigenvalue weighted by molar-refractivity contribution is -0.126. The first-order valence-corrected chi connectivity index (χ1v) is 9.51. The van der Waals surface area contributed by atoms with Crippen LogP contribution in [-0.2, 0) is 24.4 Å². The molecule has 1 N–H and O–H groups in total. The van der Waals surface area contributed by atoms with Crippen molar-refractivity contribution in [1.82, 2.24) is 19.8 Å². The van der Waals surface area contributed by atoms with E-state index in [0.29, 0.717) is 25.1 Å². The standard InChI is InChI=1S/C18H20N4O2S/c1-2-15(22-10-12-5-3-4-6-14(12)17(22)24)16(23)19-9-13-11-21-7-8-25-18(21)20-13/h3-6,11,15H,2,7-10H2,1H3,(H,19,23). The fraction of sp³-hybridized carbons (Fsp3) is 0.389. The van der Waals surface area contributed by atoms with Crippen molar-refractivity contribution in [2.75, 3.05) is 5.75 Å². The molecule has 2 amide bonds. The highest BCUT2D eigenvalue weighted by molar-refractivity contribution is 7.99. The number of hydrogen-bond donors (Lipinski definition) is 1. The Morgan fingerprint density at radius 2 is 2.24 bits per heavy atom. The predicted molar refractivity (Wildman–Crippen MR) is 95.2 cm³/mol. The molecule has 2 aliphatic rings. The van der Waals surface area contributed by atoms with E-state index in [0.717, 1.165) is 28.7 Å². The number of carbonyl (C=O) groups excluding carboxylic acids is 2. The molecule has 0 fully saturated rings. The Balaban J connectivity index is 1.42. The lowest BCUT2D eigenvalue weighted by Crippen LogP contribution is -2.46. The first kappa shape index (κ1) is 16.2. The number of imidazole rings is 1. The van der Waals surface area contributed by atoms with Crippen LogP contribution in [0, 0.1) is 0 Å². The lowest BCUT2D eigenvalue weighted by atomic mass is 10.1.